The van der Waals surface area contributed by atoms with Crippen LogP contribution < -0.4 is 11.1 Å². The third-order valence-corrected chi connectivity index (χ3v) is 3.94. The Kier molecular flexibility index (Phi) is 5.41. The molecule has 0 aliphatic carbocycles. The number of primary amides is 1. The molecule has 0 radical (unpaired) electrons. The van der Waals surface area contributed by atoms with Gasteiger partial charge in [0.1, 0.15) is 6.04 Å². The zero-order valence-electron chi connectivity index (χ0n) is 13.2. The number of aromatic nitrogens is 2. The lowest BCUT2D eigenvalue weighted by molar-refractivity contribution is -0.134. The first kappa shape index (κ1) is 16.3. The van der Waals surface area contributed by atoms with Crippen molar-refractivity contribution in [3.8, 4) is 0 Å². The molecule has 122 valence electrons. The molecule has 1 aliphatic heterocycles. The second-order valence-corrected chi connectivity index (χ2v) is 6.25. The Hall–Kier alpha value is -2.05. The third-order valence-electron chi connectivity index (χ3n) is 3.94. The van der Waals surface area contributed by atoms with E-state index in [9.17, 15) is 9.59 Å². The van der Waals surface area contributed by atoms with E-state index in [1.165, 1.54) is 0 Å². The van der Waals surface area contributed by atoms with E-state index in [2.05, 4.69) is 10.4 Å². The quantitative estimate of drug-likeness (QED) is 0.819. The van der Waals surface area contributed by atoms with E-state index in [1.54, 1.807) is 6.20 Å². The maximum absolute atomic E-state index is 12.8. The number of nitrogens with two attached hydrogens (primary N) is 1. The van der Waals surface area contributed by atoms with E-state index in [1.807, 2.05) is 35.7 Å². The lowest BCUT2D eigenvalue weighted by atomic mass is 10.0. The lowest BCUT2D eigenvalue weighted by Gasteiger charge is -2.29. The highest BCUT2D eigenvalue weighted by Gasteiger charge is 2.34. The van der Waals surface area contributed by atoms with E-state index in [-0.39, 0.29) is 11.9 Å². The van der Waals surface area contributed by atoms with Gasteiger partial charge in [0.2, 0.25) is 5.91 Å². The number of carbonyl (C=O) groups excluding carboxylic acids is 2. The van der Waals surface area contributed by atoms with Crippen molar-refractivity contribution >= 4 is 11.9 Å². The molecule has 0 bridgehead atoms. The van der Waals surface area contributed by atoms with Gasteiger partial charge in [-0.2, -0.15) is 5.10 Å². The first-order valence-corrected chi connectivity index (χ1v) is 7.81. The Bertz CT molecular complexity index is 500. The number of nitrogens with one attached hydrogen (secondary N) is 1. The smallest absolute Gasteiger partial charge is 0.312 e. The van der Waals surface area contributed by atoms with Gasteiger partial charge in [-0.3, -0.25) is 9.48 Å². The second kappa shape index (κ2) is 7.29. The zero-order chi connectivity index (χ0) is 16.1. The molecule has 7 heteroatoms. The number of nitrogens with zero attached hydrogens (tertiary/aromatic N) is 3. The molecule has 1 aromatic heterocycles. The highest BCUT2D eigenvalue weighted by atomic mass is 16.2. The predicted molar refractivity (Wildman–Crippen MR) is 82.9 cm³/mol. The molecule has 2 heterocycles. The monoisotopic (exact) mass is 307 g/mol. The SMILES string of the molecule is CC(C)C[C@H](NC(N)=O)C(=O)N1CCC[C@H]1Cn1cccn1. The van der Waals surface area contributed by atoms with Gasteiger partial charge in [0.05, 0.1) is 12.6 Å². The summed E-state index contributed by atoms with van der Waals surface area (Å²) in [6, 6.07) is 0.798. The van der Waals surface area contributed by atoms with Crippen LogP contribution >= 0.6 is 0 Å². The average molecular weight is 307 g/mol. The minimum absolute atomic E-state index is 0.0397. The highest BCUT2D eigenvalue weighted by Crippen LogP contribution is 2.21. The van der Waals surface area contributed by atoms with Crippen molar-refractivity contribution in [2.24, 2.45) is 11.7 Å². The maximum atomic E-state index is 12.8. The minimum Gasteiger partial charge on any atom is -0.352 e. The summed E-state index contributed by atoms with van der Waals surface area (Å²) in [6.45, 7) is 5.45. The highest BCUT2D eigenvalue weighted by molar-refractivity contribution is 5.87. The Morgan fingerprint density at radius 3 is 2.82 bits per heavy atom. The van der Waals surface area contributed by atoms with Crippen molar-refractivity contribution in [2.45, 2.75) is 51.7 Å². The molecule has 1 aromatic rings. The summed E-state index contributed by atoms with van der Waals surface area (Å²) in [5, 5.41) is 6.80. The Morgan fingerprint density at radius 2 is 2.23 bits per heavy atom. The van der Waals surface area contributed by atoms with Gasteiger partial charge in [0.15, 0.2) is 0 Å². The van der Waals surface area contributed by atoms with Crippen molar-refractivity contribution in [3.05, 3.63) is 18.5 Å². The molecule has 0 spiro atoms. The van der Waals surface area contributed by atoms with Crippen molar-refractivity contribution < 1.29 is 9.59 Å². The zero-order valence-corrected chi connectivity index (χ0v) is 13.2. The van der Waals surface area contributed by atoms with Gasteiger partial charge in [-0.25, -0.2) is 4.79 Å². The van der Waals surface area contributed by atoms with Crippen LogP contribution in [0, 0.1) is 5.92 Å². The summed E-state index contributed by atoms with van der Waals surface area (Å²) >= 11 is 0. The summed E-state index contributed by atoms with van der Waals surface area (Å²) in [5.74, 6) is 0.259. The van der Waals surface area contributed by atoms with E-state index in [0.717, 1.165) is 19.4 Å². The third kappa shape index (κ3) is 4.22. The summed E-state index contributed by atoms with van der Waals surface area (Å²) in [5.41, 5.74) is 5.21. The molecule has 0 unspecified atom stereocenters. The molecule has 22 heavy (non-hydrogen) atoms. The van der Waals surface area contributed by atoms with Crippen LogP contribution in [0.15, 0.2) is 18.5 Å². The molecule has 3 N–H and O–H groups in total. The van der Waals surface area contributed by atoms with Gasteiger partial charge in [-0.05, 0) is 31.2 Å². The van der Waals surface area contributed by atoms with Gasteiger partial charge >= 0.3 is 6.03 Å². The topological polar surface area (TPSA) is 93.2 Å². The molecule has 3 amide bonds. The van der Waals surface area contributed by atoms with Gasteiger partial charge in [-0.15, -0.1) is 0 Å². The second-order valence-electron chi connectivity index (χ2n) is 6.25. The van der Waals surface area contributed by atoms with Crippen LogP contribution in [-0.4, -0.2) is 45.2 Å². The van der Waals surface area contributed by atoms with Crippen LogP contribution in [-0.2, 0) is 11.3 Å². The Morgan fingerprint density at radius 1 is 1.45 bits per heavy atom. The first-order valence-electron chi connectivity index (χ1n) is 7.81. The van der Waals surface area contributed by atoms with Crippen LogP contribution in [0.4, 0.5) is 4.79 Å². The van der Waals surface area contributed by atoms with Crippen molar-refractivity contribution in [1.29, 1.82) is 0 Å². The molecule has 7 nitrogen and oxygen atoms in total. The van der Waals surface area contributed by atoms with E-state index in [0.29, 0.717) is 18.9 Å². The summed E-state index contributed by atoms with van der Waals surface area (Å²) in [7, 11) is 0. The fraction of sp³-hybridized carbons (Fsp3) is 0.667. The molecule has 0 saturated carbocycles. The lowest BCUT2D eigenvalue weighted by Crippen LogP contribution is -2.52. The Labute approximate surface area is 130 Å². The van der Waals surface area contributed by atoms with E-state index >= 15 is 0 Å². The summed E-state index contributed by atoms with van der Waals surface area (Å²) < 4.78 is 1.84. The largest absolute Gasteiger partial charge is 0.352 e. The molecule has 2 atom stereocenters. The number of carbonyl (C=O) groups is 2. The number of amides is 3. The van der Waals surface area contributed by atoms with Gasteiger partial charge in [0.25, 0.3) is 0 Å². The molecule has 1 fully saturated rings. The standard InChI is InChI=1S/C15H25N5O2/c1-11(2)9-13(18-15(16)22)14(21)20-8-3-5-12(20)10-19-7-4-6-17-19/h4,6-7,11-13H,3,5,8-10H2,1-2H3,(H3,16,18,22)/t12-,13-/m0/s1. The van der Waals surface area contributed by atoms with Crippen LogP contribution in [0.3, 0.4) is 0 Å². The van der Waals surface area contributed by atoms with Crippen LogP contribution in [0.1, 0.15) is 33.1 Å². The molecule has 1 saturated heterocycles. The molecular formula is C15H25N5O2. The van der Waals surface area contributed by atoms with Gasteiger partial charge < -0.3 is 16.0 Å². The fourth-order valence-corrected chi connectivity index (χ4v) is 3.00. The summed E-state index contributed by atoms with van der Waals surface area (Å²) in [4.78, 5) is 25.8. The van der Waals surface area contributed by atoms with E-state index < -0.39 is 12.1 Å². The number of rotatable bonds is 6. The first-order chi connectivity index (χ1) is 10.5. The molecular weight excluding hydrogens is 282 g/mol. The predicted octanol–water partition coefficient (Wildman–Crippen LogP) is 0.957. The molecule has 2 rings (SSSR count). The van der Waals surface area contributed by atoms with E-state index in [4.69, 9.17) is 5.73 Å². The number of urea groups is 1. The molecule has 0 aromatic carbocycles. The van der Waals surface area contributed by atoms with Crippen LogP contribution in [0.5, 0.6) is 0 Å². The number of hydrogen-bond donors (Lipinski definition) is 2. The normalized spacial score (nSPS) is 19.4. The van der Waals surface area contributed by atoms with Gasteiger partial charge in [-0.1, -0.05) is 13.8 Å². The van der Waals surface area contributed by atoms with Gasteiger partial charge in [0, 0.05) is 18.9 Å². The van der Waals surface area contributed by atoms with Crippen molar-refractivity contribution in [1.82, 2.24) is 20.0 Å². The maximum Gasteiger partial charge on any atom is 0.312 e. The minimum atomic E-state index is -0.651. The van der Waals surface area contributed by atoms with Crippen LogP contribution in [0.2, 0.25) is 0 Å². The summed E-state index contributed by atoms with van der Waals surface area (Å²) in [6.07, 6.45) is 6.15. The van der Waals surface area contributed by atoms with Crippen LogP contribution in [0.25, 0.3) is 0 Å². The molecule has 1 aliphatic rings. The Balaban J connectivity index is 2.05. The number of hydrogen-bond acceptors (Lipinski definition) is 3. The average Bonchev–Trinajstić information content (AvgIpc) is 3.08. The fourth-order valence-electron chi connectivity index (χ4n) is 3.00. The van der Waals surface area contributed by atoms with Crippen molar-refractivity contribution in [3.63, 3.8) is 0 Å². The number of likely N-dealkylation sites (tertiary alicyclic amines) is 1. The van der Waals surface area contributed by atoms with Crippen molar-refractivity contribution in [2.75, 3.05) is 6.54 Å².